The van der Waals surface area contributed by atoms with Gasteiger partial charge in [-0.15, -0.1) is 0 Å². The van der Waals surface area contributed by atoms with Crippen molar-refractivity contribution in [2.45, 2.75) is 13.8 Å². The molecule has 0 unspecified atom stereocenters. The summed E-state index contributed by atoms with van der Waals surface area (Å²) >= 11 is 3.61. The highest BCUT2D eigenvalue weighted by atomic mass is 79.9. The van der Waals surface area contributed by atoms with Crippen LogP contribution < -0.4 is 0 Å². The van der Waals surface area contributed by atoms with Crippen molar-refractivity contribution in [1.82, 2.24) is 4.98 Å². The number of fused-ring (bicyclic) bond motifs is 2. The number of aryl methyl sites for hydroxylation is 2. The largest absolute Gasteiger partial charge is 0.436 e. The van der Waals surface area contributed by atoms with E-state index >= 15 is 0 Å². The third-order valence-electron chi connectivity index (χ3n) is 4.10. The van der Waals surface area contributed by atoms with E-state index in [-0.39, 0.29) is 0 Å². The van der Waals surface area contributed by atoms with Gasteiger partial charge in [0.1, 0.15) is 5.52 Å². The van der Waals surface area contributed by atoms with Crippen LogP contribution in [-0.2, 0) is 0 Å². The first-order chi connectivity index (χ1) is 10.6. The summed E-state index contributed by atoms with van der Waals surface area (Å²) in [7, 11) is 0. The number of aromatic nitrogens is 1. The lowest BCUT2D eigenvalue weighted by molar-refractivity contribution is 0.620. The summed E-state index contributed by atoms with van der Waals surface area (Å²) in [5.41, 5.74) is 5.21. The second-order valence-electron chi connectivity index (χ2n) is 5.56. The lowest BCUT2D eigenvalue weighted by Crippen LogP contribution is -1.82. The average Bonchev–Trinajstić information content (AvgIpc) is 2.90. The van der Waals surface area contributed by atoms with Gasteiger partial charge in [0.15, 0.2) is 5.58 Å². The average molecular weight is 352 g/mol. The highest BCUT2D eigenvalue weighted by molar-refractivity contribution is 9.10. The molecule has 0 aliphatic rings. The van der Waals surface area contributed by atoms with Gasteiger partial charge in [-0.25, -0.2) is 4.98 Å². The summed E-state index contributed by atoms with van der Waals surface area (Å²) in [4.78, 5) is 4.68. The fraction of sp³-hybridized carbons (Fsp3) is 0.105. The predicted molar refractivity (Wildman–Crippen MR) is 94.1 cm³/mol. The highest BCUT2D eigenvalue weighted by Crippen LogP contribution is 2.34. The summed E-state index contributed by atoms with van der Waals surface area (Å²) in [6, 6.07) is 16.5. The SMILES string of the molecule is Cc1cc2nc(-c3cccc4c(Br)cccc34)oc2cc1C. The zero-order valence-corrected chi connectivity index (χ0v) is 13.9. The molecule has 108 valence electrons. The number of oxazole rings is 1. The Labute approximate surface area is 136 Å². The van der Waals surface area contributed by atoms with E-state index < -0.39 is 0 Å². The van der Waals surface area contributed by atoms with Gasteiger partial charge in [-0.1, -0.05) is 40.2 Å². The van der Waals surface area contributed by atoms with Crippen LogP contribution in [0.15, 0.2) is 57.4 Å². The standard InChI is InChI=1S/C19H14BrNO/c1-11-9-17-18(10-12(11)2)22-19(21-17)15-7-3-6-14-13(15)5-4-8-16(14)20/h3-10H,1-2H3. The topological polar surface area (TPSA) is 26.0 Å². The van der Waals surface area contributed by atoms with Gasteiger partial charge in [0, 0.05) is 10.0 Å². The maximum Gasteiger partial charge on any atom is 0.227 e. The van der Waals surface area contributed by atoms with E-state index in [2.05, 4.69) is 65.1 Å². The van der Waals surface area contributed by atoms with Gasteiger partial charge in [-0.3, -0.25) is 0 Å². The van der Waals surface area contributed by atoms with E-state index in [9.17, 15) is 0 Å². The molecule has 0 radical (unpaired) electrons. The van der Waals surface area contributed by atoms with E-state index in [1.165, 1.54) is 11.1 Å². The molecular formula is C19H14BrNO. The lowest BCUT2D eigenvalue weighted by atomic mass is 10.0. The molecule has 0 saturated heterocycles. The van der Waals surface area contributed by atoms with Crippen molar-refractivity contribution < 1.29 is 4.42 Å². The van der Waals surface area contributed by atoms with Crippen LogP contribution >= 0.6 is 15.9 Å². The minimum absolute atomic E-state index is 0.670. The molecule has 0 spiro atoms. The summed E-state index contributed by atoms with van der Waals surface area (Å²) in [6.45, 7) is 4.18. The van der Waals surface area contributed by atoms with E-state index in [1.54, 1.807) is 0 Å². The number of hydrogen-bond acceptors (Lipinski definition) is 2. The third kappa shape index (κ3) is 2.04. The maximum absolute atomic E-state index is 6.01. The van der Waals surface area contributed by atoms with Crippen molar-refractivity contribution >= 4 is 37.8 Å². The van der Waals surface area contributed by atoms with Gasteiger partial charge in [0.2, 0.25) is 5.89 Å². The van der Waals surface area contributed by atoms with Gasteiger partial charge >= 0.3 is 0 Å². The molecule has 0 aliphatic heterocycles. The van der Waals surface area contributed by atoms with Gasteiger partial charge in [-0.2, -0.15) is 0 Å². The van der Waals surface area contributed by atoms with E-state index in [0.29, 0.717) is 5.89 Å². The van der Waals surface area contributed by atoms with Crippen molar-refractivity contribution in [3.05, 3.63) is 64.1 Å². The van der Waals surface area contributed by atoms with Crippen LogP contribution in [0.5, 0.6) is 0 Å². The normalized spacial score (nSPS) is 11.4. The van der Waals surface area contributed by atoms with Crippen LogP contribution in [0.1, 0.15) is 11.1 Å². The molecule has 0 atom stereocenters. The molecule has 0 aliphatic carbocycles. The Morgan fingerprint density at radius 3 is 2.50 bits per heavy atom. The van der Waals surface area contributed by atoms with Crippen LogP contribution in [0.25, 0.3) is 33.3 Å². The van der Waals surface area contributed by atoms with Crippen molar-refractivity contribution in [2.24, 2.45) is 0 Å². The fourth-order valence-electron chi connectivity index (χ4n) is 2.75. The van der Waals surface area contributed by atoms with Crippen LogP contribution in [0.2, 0.25) is 0 Å². The number of halogens is 1. The summed E-state index contributed by atoms with van der Waals surface area (Å²) in [5, 5.41) is 2.30. The first-order valence-electron chi connectivity index (χ1n) is 7.19. The molecule has 3 heteroatoms. The maximum atomic E-state index is 6.01. The fourth-order valence-corrected chi connectivity index (χ4v) is 3.25. The Hall–Kier alpha value is -2.13. The summed E-state index contributed by atoms with van der Waals surface area (Å²) in [6.07, 6.45) is 0. The first kappa shape index (κ1) is 13.5. The smallest absolute Gasteiger partial charge is 0.227 e. The monoisotopic (exact) mass is 351 g/mol. The van der Waals surface area contributed by atoms with Gasteiger partial charge < -0.3 is 4.42 Å². The molecule has 0 saturated carbocycles. The van der Waals surface area contributed by atoms with E-state index in [0.717, 1.165) is 31.9 Å². The predicted octanol–water partition coefficient (Wildman–Crippen LogP) is 6.03. The first-order valence-corrected chi connectivity index (χ1v) is 7.98. The molecule has 2 nitrogen and oxygen atoms in total. The Bertz CT molecular complexity index is 978. The van der Waals surface area contributed by atoms with Crippen LogP contribution in [0.4, 0.5) is 0 Å². The number of benzene rings is 3. The van der Waals surface area contributed by atoms with Gasteiger partial charge in [-0.05, 0) is 60.0 Å². The quantitative estimate of drug-likeness (QED) is 0.418. The second kappa shape index (κ2) is 4.96. The Morgan fingerprint density at radius 2 is 1.64 bits per heavy atom. The summed E-state index contributed by atoms with van der Waals surface area (Å²) in [5.74, 6) is 0.670. The molecule has 0 fully saturated rings. The van der Waals surface area contributed by atoms with Crippen molar-refractivity contribution in [3.63, 3.8) is 0 Å². The molecule has 0 bridgehead atoms. The minimum atomic E-state index is 0.670. The van der Waals surface area contributed by atoms with Gasteiger partial charge in [0.25, 0.3) is 0 Å². The Balaban J connectivity index is 2.01. The molecule has 3 aromatic carbocycles. The molecule has 4 aromatic rings. The zero-order valence-electron chi connectivity index (χ0n) is 12.4. The lowest BCUT2D eigenvalue weighted by Gasteiger charge is -2.04. The molecule has 1 heterocycles. The van der Waals surface area contributed by atoms with Crippen molar-refractivity contribution in [3.8, 4) is 11.5 Å². The molecule has 0 N–H and O–H groups in total. The molecule has 0 amide bonds. The molecule has 1 aromatic heterocycles. The van der Waals surface area contributed by atoms with Crippen LogP contribution in [0, 0.1) is 13.8 Å². The Kier molecular flexibility index (Phi) is 3.05. The number of hydrogen-bond donors (Lipinski definition) is 0. The number of nitrogens with zero attached hydrogens (tertiary/aromatic N) is 1. The van der Waals surface area contributed by atoms with Gasteiger partial charge in [0.05, 0.1) is 0 Å². The summed E-state index contributed by atoms with van der Waals surface area (Å²) < 4.78 is 7.09. The second-order valence-corrected chi connectivity index (χ2v) is 6.42. The van der Waals surface area contributed by atoms with Crippen LogP contribution in [-0.4, -0.2) is 4.98 Å². The van der Waals surface area contributed by atoms with Crippen molar-refractivity contribution in [2.75, 3.05) is 0 Å². The minimum Gasteiger partial charge on any atom is -0.436 e. The molecule has 4 rings (SSSR count). The number of rotatable bonds is 1. The van der Waals surface area contributed by atoms with Crippen molar-refractivity contribution in [1.29, 1.82) is 0 Å². The Morgan fingerprint density at radius 1 is 0.909 bits per heavy atom. The van der Waals surface area contributed by atoms with Crippen LogP contribution in [0.3, 0.4) is 0 Å². The van der Waals surface area contributed by atoms with E-state index in [1.807, 2.05) is 18.2 Å². The molecular weight excluding hydrogens is 338 g/mol. The highest BCUT2D eigenvalue weighted by Gasteiger charge is 2.13. The third-order valence-corrected chi connectivity index (χ3v) is 4.79. The van der Waals surface area contributed by atoms with E-state index in [4.69, 9.17) is 4.42 Å². The molecule has 22 heavy (non-hydrogen) atoms. The zero-order chi connectivity index (χ0) is 15.3.